The number of aromatic nitrogens is 2. The number of hydrogen-bond acceptors (Lipinski definition) is 9. The maximum Gasteiger partial charge on any atom is 0.286 e. The molecule has 0 atom stereocenters. The number of nitrogens with zero attached hydrogens (tertiary/aromatic N) is 3. The van der Waals surface area contributed by atoms with Crippen LogP contribution in [0.5, 0.6) is 0 Å². The maximum absolute atomic E-state index is 13.0. The quantitative estimate of drug-likeness (QED) is 0.275. The molecule has 1 saturated heterocycles. The normalized spacial score (nSPS) is 14.6. The van der Waals surface area contributed by atoms with Crippen molar-refractivity contribution >= 4 is 32.4 Å². The minimum absolute atomic E-state index is 0.261. The fraction of sp³-hybridized carbons (Fsp3) is 0.222. The van der Waals surface area contributed by atoms with Gasteiger partial charge >= 0.3 is 0 Å². The van der Waals surface area contributed by atoms with E-state index in [1.807, 2.05) is 23.2 Å². The van der Waals surface area contributed by atoms with E-state index in [0.29, 0.717) is 36.2 Å². The molecule has 31 heavy (non-hydrogen) atoms. The van der Waals surface area contributed by atoms with E-state index < -0.39 is 15.9 Å². The molecule has 4 rings (SSSR count). The van der Waals surface area contributed by atoms with Crippen molar-refractivity contribution in [1.82, 2.24) is 19.8 Å². The SMILES string of the molecule is NO.O=C(NO)c1cnc(N2CCN(S(=O)(=O)c3ccc(-c4ccc[nH]4)cc3)CC2)s1. The number of piperazine rings is 1. The zero-order valence-electron chi connectivity index (χ0n) is 16.3. The molecule has 6 N–H and O–H groups in total. The average Bonchev–Trinajstić information content (AvgIpc) is 3.53. The third-order valence-electron chi connectivity index (χ3n) is 4.73. The highest BCUT2D eigenvalue weighted by Crippen LogP contribution is 2.26. The summed E-state index contributed by atoms with van der Waals surface area (Å²) in [5, 5.41) is 15.8. The van der Waals surface area contributed by atoms with Gasteiger partial charge in [0.05, 0.1) is 11.1 Å². The second-order valence-corrected chi connectivity index (χ2v) is 9.39. The van der Waals surface area contributed by atoms with Gasteiger partial charge in [0.15, 0.2) is 5.13 Å². The third kappa shape index (κ3) is 4.92. The second kappa shape index (κ2) is 10.00. The number of aromatic amines is 1. The van der Waals surface area contributed by atoms with E-state index in [1.165, 1.54) is 10.5 Å². The standard InChI is InChI=1S/C18H19N5O4S2.H3NO/c24-17(21-25)16-12-20-18(28-16)22-8-10-23(11-9-22)29(26,27)14-5-3-13(4-6-14)15-2-1-7-19-15;1-2/h1-7,12,19,25H,8-11H2,(H,21,24);2H,1H2. The number of hydroxylamine groups is 1. The summed E-state index contributed by atoms with van der Waals surface area (Å²) in [6.07, 6.45) is 3.21. The number of carbonyl (C=O) groups excluding carboxylic acids is 1. The van der Waals surface area contributed by atoms with Crippen LogP contribution >= 0.6 is 11.3 Å². The van der Waals surface area contributed by atoms with Crippen LogP contribution in [-0.2, 0) is 10.0 Å². The first-order chi connectivity index (χ1) is 15.0. The van der Waals surface area contributed by atoms with Crippen LogP contribution in [0.4, 0.5) is 5.13 Å². The van der Waals surface area contributed by atoms with Crippen LogP contribution in [0.2, 0.25) is 0 Å². The highest BCUT2D eigenvalue weighted by atomic mass is 32.2. The largest absolute Gasteiger partial charge is 0.361 e. The Morgan fingerprint density at radius 2 is 1.81 bits per heavy atom. The lowest BCUT2D eigenvalue weighted by atomic mass is 10.2. The van der Waals surface area contributed by atoms with Gasteiger partial charge in [0.25, 0.3) is 5.91 Å². The van der Waals surface area contributed by atoms with E-state index in [0.717, 1.165) is 22.6 Å². The Hall–Kier alpha value is -2.81. The van der Waals surface area contributed by atoms with Crippen LogP contribution in [0.3, 0.4) is 0 Å². The van der Waals surface area contributed by atoms with Gasteiger partial charge in [0.2, 0.25) is 10.0 Å². The molecule has 0 unspecified atom stereocenters. The first kappa shape index (κ1) is 22.9. The molecule has 3 aromatic rings. The zero-order chi connectivity index (χ0) is 22.4. The Labute approximate surface area is 182 Å². The molecule has 1 aromatic carbocycles. The van der Waals surface area contributed by atoms with Gasteiger partial charge in [-0.2, -0.15) is 4.31 Å². The van der Waals surface area contributed by atoms with Gasteiger partial charge in [-0.05, 0) is 29.8 Å². The molecule has 0 radical (unpaired) electrons. The number of benzene rings is 1. The lowest BCUT2D eigenvalue weighted by Crippen LogP contribution is -2.48. The van der Waals surface area contributed by atoms with Crippen molar-refractivity contribution in [3.05, 3.63) is 53.7 Å². The number of sulfonamides is 1. The lowest BCUT2D eigenvalue weighted by molar-refractivity contribution is 0.0710. The Kier molecular flexibility index (Phi) is 7.37. The third-order valence-corrected chi connectivity index (χ3v) is 7.70. The molecule has 0 saturated carbocycles. The number of nitrogens with one attached hydrogen (secondary N) is 2. The van der Waals surface area contributed by atoms with Gasteiger partial charge in [0.1, 0.15) is 4.88 Å². The molecule has 3 heterocycles. The van der Waals surface area contributed by atoms with Gasteiger partial charge in [-0.25, -0.2) is 24.8 Å². The molecule has 0 spiro atoms. The predicted octanol–water partition coefficient (Wildman–Crippen LogP) is 1.10. The summed E-state index contributed by atoms with van der Waals surface area (Å²) in [4.78, 5) is 21.2. The summed E-state index contributed by atoms with van der Waals surface area (Å²) in [7, 11) is -3.58. The minimum atomic E-state index is -3.58. The van der Waals surface area contributed by atoms with Gasteiger partial charge in [-0.15, -0.1) is 0 Å². The number of carbonyl (C=O) groups is 1. The Morgan fingerprint density at radius 1 is 1.13 bits per heavy atom. The average molecular weight is 467 g/mol. The molecule has 11 nitrogen and oxygen atoms in total. The first-order valence-electron chi connectivity index (χ1n) is 9.14. The molecule has 1 aliphatic rings. The van der Waals surface area contributed by atoms with Crippen LogP contribution in [0.25, 0.3) is 11.3 Å². The van der Waals surface area contributed by atoms with E-state index in [9.17, 15) is 13.2 Å². The van der Waals surface area contributed by atoms with Crippen LogP contribution in [0.1, 0.15) is 9.67 Å². The lowest BCUT2D eigenvalue weighted by Gasteiger charge is -2.33. The molecular weight excluding hydrogens is 444 g/mol. The summed E-state index contributed by atoms with van der Waals surface area (Å²) in [5.74, 6) is 2.89. The molecule has 13 heteroatoms. The molecule has 1 amide bonds. The van der Waals surface area contributed by atoms with Gasteiger partial charge in [0, 0.05) is 38.1 Å². The smallest absolute Gasteiger partial charge is 0.286 e. The molecule has 0 bridgehead atoms. The molecule has 1 fully saturated rings. The summed E-state index contributed by atoms with van der Waals surface area (Å²) < 4.78 is 27.4. The molecular formula is C18H22N6O5S2. The second-order valence-electron chi connectivity index (χ2n) is 6.45. The summed E-state index contributed by atoms with van der Waals surface area (Å²) >= 11 is 1.15. The number of amides is 1. The van der Waals surface area contributed by atoms with E-state index >= 15 is 0 Å². The molecule has 0 aliphatic carbocycles. The van der Waals surface area contributed by atoms with Crippen molar-refractivity contribution < 1.29 is 23.6 Å². The van der Waals surface area contributed by atoms with Crippen LogP contribution in [0.15, 0.2) is 53.7 Å². The minimum Gasteiger partial charge on any atom is -0.361 e. The number of thiazole rings is 1. The van der Waals surface area contributed by atoms with Crippen molar-refractivity contribution in [2.24, 2.45) is 5.90 Å². The first-order valence-corrected chi connectivity index (χ1v) is 11.4. The number of anilines is 1. The van der Waals surface area contributed by atoms with E-state index in [1.54, 1.807) is 29.7 Å². The number of hydrogen-bond donors (Lipinski definition) is 5. The zero-order valence-corrected chi connectivity index (χ0v) is 17.9. The van der Waals surface area contributed by atoms with E-state index in [-0.39, 0.29) is 4.90 Å². The predicted molar refractivity (Wildman–Crippen MR) is 115 cm³/mol. The summed E-state index contributed by atoms with van der Waals surface area (Å²) in [6, 6.07) is 10.6. The van der Waals surface area contributed by atoms with Crippen molar-refractivity contribution in [2.45, 2.75) is 4.90 Å². The number of H-pyrrole nitrogens is 1. The Balaban J connectivity index is 0.00000132. The Bertz CT molecular complexity index is 1090. The van der Waals surface area contributed by atoms with Gasteiger partial charge < -0.3 is 15.1 Å². The van der Waals surface area contributed by atoms with Crippen LogP contribution in [0, 0.1) is 0 Å². The number of nitrogens with two attached hydrogens (primary N) is 1. The van der Waals surface area contributed by atoms with Gasteiger partial charge in [-0.1, -0.05) is 23.5 Å². The van der Waals surface area contributed by atoms with Crippen molar-refractivity contribution in [3.8, 4) is 11.3 Å². The van der Waals surface area contributed by atoms with Crippen LogP contribution < -0.4 is 16.3 Å². The molecule has 166 valence electrons. The van der Waals surface area contributed by atoms with Crippen molar-refractivity contribution in [2.75, 3.05) is 31.1 Å². The van der Waals surface area contributed by atoms with Crippen molar-refractivity contribution in [1.29, 1.82) is 0 Å². The fourth-order valence-corrected chi connectivity index (χ4v) is 5.44. The van der Waals surface area contributed by atoms with Crippen molar-refractivity contribution in [3.63, 3.8) is 0 Å². The maximum atomic E-state index is 13.0. The summed E-state index contributed by atoms with van der Waals surface area (Å²) in [6.45, 7) is 1.57. The van der Waals surface area contributed by atoms with E-state index in [4.69, 9.17) is 10.4 Å². The highest BCUT2D eigenvalue weighted by molar-refractivity contribution is 7.89. The van der Waals surface area contributed by atoms with Crippen LogP contribution in [-0.4, -0.2) is 65.2 Å². The van der Waals surface area contributed by atoms with E-state index in [2.05, 4.69) is 15.9 Å². The summed E-state index contributed by atoms with van der Waals surface area (Å²) in [5.41, 5.74) is 3.43. The molecule has 2 aromatic heterocycles. The topological polar surface area (TPSA) is 165 Å². The monoisotopic (exact) mass is 466 g/mol. The fourth-order valence-electron chi connectivity index (χ4n) is 3.16. The number of rotatable bonds is 5. The highest BCUT2D eigenvalue weighted by Gasteiger charge is 2.29. The molecule has 1 aliphatic heterocycles. The Morgan fingerprint density at radius 3 is 2.39 bits per heavy atom. The van der Waals surface area contributed by atoms with Gasteiger partial charge in [-0.3, -0.25) is 10.0 Å².